The van der Waals surface area contributed by atoms with Gasteiger partial charge in [-0.15, -0.1) is 0 Å². The highest BCUT2D eigenvalue weighted by molar-refractivity contribution is 6.15. The Balaban J connectivity index is 1.76. The van der Waals surface area contributed by atoms with Gasteiger partial charge in [-0.1, -0.05) is 61.7 Å². The molecule has 1 aliphatic rings. The average Bonchev–Trinajstić information content (AvgIpc) is 3.05. The minimum Gasteiger partial charge on any atom is -0.494 e. The molecule has 0 radical (unpaired) electrons. The first-order valence-electron chi connectivity index (χ1n) is 10.0. The molecule has 0 spiro atoms. The van der Waals surface area contributed by atoms with Crippen molar-refractivity contribution in [2.45, 2.75) is 38.1 Å². The molecule has 1 aromatic heterocycles. The Morgan fingerprint density at radius 3 is 2.33 bits per heavy atom. The first kappa shape index (κ1) is 19.7. The summed E-state index contributed by atoms with van der Waals surface area (Å²) in [5.41, 5.74) is 6.50. The van der Waals surface area contributed by atoms with E-state index in [1.807, 2.05) is 6.07 Å². The van der Waals surface area contributed by atoms with E-state index in [1.54, 1.807) is 36.4 Å². The molecule has 4 N–H and O–H groups in total. The van der Waals surface area contributed by atoms with Gasteiger partial charge in [0, 0.05) is 22.6 Å². The summed E-state index contributed by atoms with van der Waals surface area (Å²) in [6.45, 7) is 0. The van der Waals surface area contributed by atoms with Crippen molar-refractivity contribution in [3.63, 3.8) is 0 Å². The number of primary amides is 1. The van der Waals surface area contributed by atoms with Gasteiger partial charge in [0.05, 0.1) is 5.52 Å². The Kier molecular flexibility index (Phi) is 5.27. The first-order valence-corrected chi connectivity index (χ1v) is 10.0. The molecule has 7 heteroatoms. The minimum atomic E-state index is -0.932. The summed E-state index contributed by atoms with van der Waals surface area (Å²) >= 11 is 0. The maximum absolute atomic E-state index is 12.9. The van der Waals surface area contributed by atoms with Crippen LogP contribution in [0, 0.1) is 0 Å². The molecule has 0 saturated heterocycles. The van der Waals surface area contributed by atoms with E-state index >= 15 is 0 Å². The predicted molar refractivity (Wildman–Crippen MR) is 113 cm³/mol. The number of carbonyl (C=O) groups excluding carboxylic acids is 3. The molecular formula is C23H23N3O4. The molecule has 3 aromatic rings. The summed E-state index contributed by atoms with van der Waals surface area (Å²) in [6, 6.07) is 12.5. The molecule has 154 valence electrons. The van der Waals surface area contributed by atoms with Crippen molar-refractivity contribution < 1.29 is 19.5 Å². The quantitative estimate of drug-likeness (QED) is 0.576. The second kappa shape index (κ2) is 8.02. The number of nitrogens with one attached hydrogen (secondary N) is 1. The lowest BCUT2D eigenvalue weighted by Crippen LogP contribution is -2.36. The fourth-order valence-corrected chi connectivity index (χ4v) is 4.12. The van der Waals surface area contributed by atoms with Gasteiger partial charge in [0.25, 0.3) is 5.91 Å². The largest absolute Gasteiger partial charge is 0.494 e. The van der Waals surface area contributed by atoms with Gasteiger partial charge in [-0.3, -0.25) is 9.59 Å². The van der Waals surface area contributed by atoms with Crippen LogP contribution in [0.2, 0.25) is 0 Å². The van der Waals surface area contributed by atoms with Crippen LogP contribution in [-0.2, 0) is 0 Å². The molecule has 1 saturated carbocycles. The van der Waals surface area contributed by atoms with Gasteiger partial charge >= 0.3 is 6.03 Å². The number of ketones is 1. The van der Waals surface area contributed by atoms with Crippen molar-refractivity contribution in [1.29, 1.82) is 0 Å². The van der Waals surface area contributed by atoms with Gasteiger partial charge in [0.1, 0.15) is 5.56 Å². The van der Waals surface area contributed by atoms with Crippen LogP contribution in [0.15, 0.2) is 48.5 Å². The fourth-order valence-electron chi connectivity index (χ4n) is 4.12. The van der Waals surface area contributed by atoms with Gasteiger partial charge < -0.3 is 16.2 Å². The Labute approximate surface area is 173 Å². The van der Waals surface area contributed by atoms with Crippen molar-refractivity contribution in [2.24, 2.45) is 5.73 Å². The molecule has 0 bridgehead atoms. The SMILES string of the molecule is NC(=O)n1c(O)c(C(=O)NC2CCCCC2)c2ccc(C(=O)c3ccccc3)cc21. The highest BCUT2D eigenvalue weighted by Crippen LogP contribution is 2.32. The number of hydrogen-bond donors (Lipinski definition) is 3. The second-order valence-electron chi connectivity index (χ2n) is 7.61. The Morgan fingerprint density at radius 2 is 1.67 bits per heavy atom. The van der Waals surface area contributed by atoms with Gasteiger partial charge in [-0.25, -0.2) is 9.36 Å². The monoisotopic (exact) mass is 405 g/mol. The van der Waals surface area contributed by atoms with E-state index in [9.17, 15) is 19.5 Å². The zero-order chi connectivity index (χ0) is 21.3. The van der Waals surface area contributed by atoms with Crippen LogP contribution >= 0.6 is 0 Å². The Hall–Kier alpha value is -3.61. The maximum Gasteiger partial charge on any atom is 0.326 e. The molecule has 1 heterocycles. The average molecular weight is 405 g/mol. The molecule has 4 rings (SSSR count). The maximum atomic E-state index is 12.9. The number of amides is 2. The number of carbonyl (C=O) groups is 3. The number of benzene rings is 2. The summed E-state index contributed by atoms with van der Waals surface area (Å²) in [6.07, 6.45) is 5.01. The van der Waals surface area contributed by atoms with Crippen molar-refractivity contribution in [3.8, 4) is 5.88 Å². The first-order chi connectivity index (χ1) is 14.5. The summed E-state index contributed by atoms with van der Waals surface area (Å²) in [4.78, 5) is 37.7. The topological polar surface area (TPSA) is 114 Å². The molecule has 30 heavy (non-hydrogen) atoms. The molecular weight excluding hydrogens is 382 g/mol. The summed E-state index contributed by atoms with van der Waals surface area (Å²) in [7, 11) is 0. The fraction of sp³-hybridized carbons (Fsp3) is 0.261. The van der Waals surface area contributed by atoms with Crippen molar-refractivity contribution in [1.82, 2.24) is 9.88 Å². The normalized spacial score (nSPS) is 14.5. The zero-order valence-electron chi connectivity index (χ0n) is 16.4. The Morgan fingerprint density at radius 1 is 0.967 bits per heavy atom. The zero-order valence-corrected chi connectivity index (χ0v) is 16.4. The molecule has 1 aliphatic carbocycles. The summed E-state index contributed by atoms with van der Waals surface area (Å²) < 4.78 is 0.868. The minimum absolute atomic E-state index is 0.00640. The molecule has 2 amide bonds. The molecule has 0 atom stereocenters. The highest BCUT2D eigenvalue weighted by atomic mass is 16.3. The van der Waals surface area contributed by atoms with Crippen molar-refractivity contribution in [3.05, 3.63) is 65.2 Å². The van der Waals surface area contributed by atoms with E-state index in [1.165, 1.54) is 6.07 Å². The molecule has 7 nitrogen and oxygen atoms in total. The van der Waals surface area contributed by atoms with E-state index in [4.69, 9.17) is 5.73 Å². The lowest BCUT2D eigenvalue weighted by atomic mass is 9.95. The smallest absolute Gasteiger partial charge is 0.326 e. The molecule has 2 aromatic carbocycles. The van der Waals surface area contributed by atoms with Crippen molar-refractivity contribution >= 4 is 28.6 Å². The van der Waals surface area contributed by atoms with Crippen LogP contribution in [0.5, 0.6) is 5.88 Å². The Bertz CT molecular complexity index is 1130. The van der Waals surface area contributed by atoms with E-state index in [-0.39, 0.29) is 22.9 Å². The van der Waals surface area contributed by atoms with Crippen LogP contribution in [0.1, 0.15) is 58.4 Å². The molecule has 0 aliphatic heterocycles. The van der Waals surface area contributed by atoms with Crippen LogP contribution in [0.25, 0.3) is 10.9 Å². The number of nitrogens with two attached hydrogens (primary N) is 1. The third kappa shape index (κ3) is 3.54. The number of rotatable bonds is 4. The predicted octanol–water partition coefficient (Wildman–Crippen LogP) is 3.57. The van der Waals surface area contributed by atoms with E-state index in [2.05, 4.69) is 5.32 Å². The standard InChI is InChI=1S/C23H23N3O4/c24-23(30)26-18-13-15(20(27)14-7-3-1-4-8-14)11-12-17(18)19(22(26)29)21(28)25-16-9-5-2-6-10-16/h1,3-4,7-8,11-13,16,29H,2,5-6,9-10H2,(H2,24,30)(H,25,28). The lowest BCUT2D eigenvalue weighted by Gasteiger charge is -2.22. The number of aromatic hydroxyl groups is 1. The van der Waals surface area contributed by atoms with Gasteiger partial charge in [0.2, 0.25) is 5.88 Å². The second-order valence-corrected chi connectivity index (χ2v) is 7.61. The molecule has 0 unspecified atom stereocenters. The number of fused-ring (bicyclic) bond motifs is 1. The van der Waals surface area contributed by atoms with Crippen molar-refractivity contribution in [2.75, 3.05) is 0 Å². The summed E-state index contributed by atoms with van der Waals surface area (Å²) in [5, 5.41) is 14.0. The van der Waals surface area contributed by atoms with Crippen LogP contribution < -0.4 is 11.1 Å². The summed E-state index contributed by atoms with van der Waals surface area (Å²) in [5.74, 6) is -1.20. The molecule has 1 fully saturated rings. The van der Waals surface area contributed by atoms with E-state index in [0.29, 0.717) is 16.5 Å². The number of nitrogens with zero attached hydrogens (tertiary/aromatic N) is 1. The highest BCUT2D eigenvalue weighted by Gasteiger charge is 2.27. The third-order valence-corrected chi connectivity index (χ3v) is 5.63. The number of aromatic nitrogens is 1. The van der Waals surface area contributed by atoms with Gasteiger partial charge in [-0.2, -0.15) is 0 Å². The van der Waals surface area contributed by atoms with Crippen LogP contribution in [0.3, 0.4) is 0 Å². The van der Waals surface area contributed by atoms with Gasteiger partial charge in [0.15, 0.2) is 5.78 Å². The van der Waals surface area contributed by atoms with Gasteiger partial charge in [-0.05, 0) is 18.9 Å². The van der Waals surface area contributed by atoms with E-state index in [0.717, 1.165) is 36.7 Å². The lowest BCUT2D eigenvalue weighted by molar-refractivity contribution is 0.0926. The number of hydrogen-bond acceptors (Lipinski definition) is 4. The third-order valence-electron chi connectivity index (χ3n) is 5.63. The van der Waals surface area contributed by atoms with Crippen LogP contribution in [0.4, 0.5) is 4.79 Å². The van der Waals surface area contributed by atoms with Crippen LogP contribution in [-0.4, -0.2) is 33.4 Å². The van der Waals surface area contributed by atoms with E-state index < -0.39 is 17.8 Å².